The SMILES string of the molecule is Cc1ncccc1-c1ccc(-c2ccc(-c3cc(-c4nc(-c5ccccc5)nc(-c5ccccc5)n4)cc(-c4c5ccccc5cc5ccccc45)c3)cc2)cc1. The lowest BCUT2D eigenvalue weighted by Gasteiger charge is -2.16. The van der Waals surface area contributed by atoms with Crippen molar-refractivity contribution in [2.24, 2.45) is 0 Å². The number of pyridine rings is 1. The molecule has 2 aromatic heterocycles. The molecule has 10 rings (SSSR count). The van der Waals surface area contributed by atoms with Crippen LogP contribution in [0.1, 0.15) is 5.69 Å². The van der Waals surface area contributed by atoms with Crippen molar-refractivity contribution >= 4 is 21.5 Å². The second-order valence-electron chi connectivity index (χ2n) is 14.3. The molecule has 57 heavy (non-hydrogen) atoms. The lowest BCUT2D eigenvalue weighted by atomic mass is 9.89. The van der Waals surface area contributed by atoms with Crippen molar-refractivity contribution < 1.29 is 0 Å². The molecule has 0 radical (unpaired) electrons. The largest absolute Gasteiger partial charge is 0.261 e. The van der Waals surface area contributed by atoms with Crippen molar-refractivity contribution in [3.8, 4) is 78.7 Å². The Morgan fingerprint density at radius 1 is 0.316 bits per heavy atom. The summed E-state index contributed by atoms with van der Waals surface area (Å²) < 4.78 is 0. The van der Waals surface area contributed by atoms with Crippen LogP contribution in [0.25, 0.3) is 100 Å². The van der Waals surface area contributed by atoms with E-state index in [1.54, 1.807) is 0 Å². The first-order valence-electron chi connectivity index (χ1n) is 19.2. The van der Waals surface area contributed by atoms with Gasteiger partial charge in [0.25, 0.3) is 0 Å². The highest BCUT2D eigenvalue weighted by molar-refractivity contribution is 6.13. The summed E-state index contributed by atoms with van der Waals surface area (Å²) in [5.74, 6) is 1.89. The summed E-state index contributed by atoms with van der Waals surface area (Å²) >= 11 is 0. The zero-order chi connectivity index (χ0) is 38.1. The average Bonchev–Trinajstić information content (AvgIpc) is 3.29. The van der Waals surface area contributed by atoms with E-state index in [1.165, 1.54) is 27.1 Å². The van der Waals surface area contributed by atoms with Crippen LogP contribution in [0, 0.1) is 6.92 Å². The number of aryl methyl sites for hydroxylation is 1. The molecular formula is C53H36N4. The summed E-state index contributed by atoms with van der Waals surface area (Å²) in [6.07, 6.45) is 1.84. The third kappa shape index (κ3) is 6.64. The molecule has 0 aliphatic carbocycles. The number of benzene rings is 8. The summed E-state index contributed by atoms with van der Waals surface area (Å²) in [5, 5.41) is 4.80. The normalized spacial score (nSPS) is 11.2. The van der Waals surface area contributed by atoms with E-state index in [0.717, 1.165) is 61.3 Å². The van der Waals surface area contributed by atoms with Crippen LogP contribution in [-0.2, 0) is 0 Å². The Kier molecular flexibility index (Phi) is 8.69. The van der Waals surface area contributed by atoms with E-state index in [0.29, 0.717) is 17.5 Å². The molecule has 0 saturated heterocycles. The molecule has 0 spiro atoms. The number of nitrogens with zero attached hydrogens (tertiary/aromatic N) is 4. The van der Waals surface area contributed by atoms with Crippen molar-refractivity contribution in [1.82, 2.24) is 19.9 Å². The molecule has 10 aromatic rings. The standard InChI is InChI=1S/C53H36N4/c1-35-47(21-12-30-54-35)39-28-26-37(27-29-39)36-22-24-38(25-23-36)44-32-45(50-48-19-10-8-17-42(48)31-43-18-9-11-20-49(43)50)34-46(33-44)53-56-51(40-13-4-2-5-14-40)55-52(57-53)41-15-6-3-7-16-41/h2-34H,1H3. The first kappa shape index (κ1) is 34.0. The van der Waals surface area contributed by atoms with E-state index in [1.807, 2.05) is 72.9 Å². The number of fused-ring (bicyclic) bond motifs is 2. The Balaban J connectivity index is 1.15. The van der Waals surface area contributed by atoms with E-state index in [4.69, 9.17) is 15.0 Å². The van der Waals surface area contributed by atoms with Crippen LogP contribution in [-0.4, -0.2) is 19.9 Å². The molecule has 0 aliphatic heterocycles. The number of hydrogen-bond donors (Lipinski definition) is 0. The van der Waals surface area contributed by atoms with Crippen molar-refractivity contribution in [1.29, 1.82) is 0 Å². The highest BCUT2D eigenvalue weighted by atomic mass is 15.0. The molecule has 8 aromatic carbocycles. The zero-order valence-electron chi connectivity index (χ0n) is 31.3. The third-order valence-electron chi connectivity index (χ3n) is 10.7. The van der Waals surface area contributed by atoms with Crippen molar-refractivity contribution in [2.75, 3.05) is 0 Å². The first-order valence-corrected chi connectivity index (χ1v) is 19.2. The highest BCUT2D eigenvalue weighted by Gasteiger charge is 2.17. The predicted molar refractivity (Wildman–Crippen MR) is 235 cm³/mol. The summed E-state index contributed by atoms with van der Waals surface area (Å²) in [5.41, 5.74) is 12.9. The molecule has 4 nitrogen and oxygen atoms in total. The van der Waals surface area contributed by atoms with Gasteiger partial charge in [-0.05, 0) is 97.7 Å². The topological polar surface area (TPSA) is 51.6 Å². The Morgan fingerprint density at radius 2 is 0.754 bits per heavy atom. The molecule has 0 N–H and O–H groups in total. The van der Waals surface area contributed by atoms with Gasteiger partial charge in [-0.15, -0.1) is 0 Å². The molecule has 0 aliphatic rings. The quantitative estimate of drug-likeness (QED) is 0.153. The minimum atomic E-state index is 0.621. The molecule has 0 unspecified atom stereocenters. The monoisotopic (exact) mass is 728 g/mol. The molecular weight excluding hydrogens is 693 g/mol. The second-order valence-corrected chi connectivity index (χ2v) is 14.3. The maximum atomic E-state index is 5.16. The Bertz CT molecular complexity index is 2940. The molecule has 4 heteroatoms. The fraction of sp³-hybridized carbons (Fsp3) is 0.0189. The van der Waals surface area contributed by atoms with Gasteiger partial charge in [0.05, 0.1) is 0 Å². The van der Waals surface area contributed by atoms with Crippen LogP contribution in [0.5, 0.6) is 0 Å². The maximum absolute atomic E-state index is 5.16. The van der Waals surface area contributed by atoms with Crippen LogP contribution in [0.2, 0.25) is 0 Å². The Morgan fingerprint density at radius 3 is 1.30 bits per heavy atom. The number of aromatic nitrogens is 4. The van der Waals surface area contributed by atoms with Crippen molar-refractivity contribution in [3.05, 3.63) is 206 Å². The zero-order valence-corrected chi connectivity index (χ0v) is 31.3. The van der Waals surface area contributed by atoms with Crippen LogP contribution in [0.4, 0.5) is 0 Å². The van der Waals surface area contributed by atoms with Gasteiger partial charge in [-0.1, -0.05) is 164 Å². The van der Waals surface area contributed by atoms with Gasteiger partial charge < -0.3 is 0 Å². The van der Waals surface area contributed by atoms with Crippen molar-refractivity contribution in [2.45, 2.75) is 6.92 Å². The maximum Gasteiger partial charge on any atom is 0.164 e. The lowest BCUT2D eigenvalue weighted by Crippen LogP contribution is -2.00. The molecule has 0 fully saturated rings. The number of rotatable bonds is 7. The summed E-state index contributed by atoms with van der Waals surface area (Å²) in [4.78, 5) is 19.8. The van der Waals surface area contributed by atoms with Gasteiger partial charge in [0, 0.05) is 34.1 Å². The molecule has 0 saturated carbocycles. The van der Waals surface area contributed by atoms with Crippen LogP contribution in [0.15, 0.2) is 200 Å². The minimum absolute atomic E-state index is 0.621. The highest BCUT2D eigenvalue weighted by Crippen LogP contribution is 2.40. The molecule has 2 heterocycles. The van der Waals surface area contributed by atoms with E-state index in [9.17, 15) is 0 Å². The number of hydrogen-bond acceptors (Lipinski definition) is 4. The second kappa shape index (κ2) is 14.6. The summed E-state index contributed by atoms with van der Waals surface area (Å²) in [6, 6.07) is 68.4. The molecule has 0 amide bonds. The third-order valence-corrected chi connectivity index (χ3v) is 10.7. The fourth-order valence-corrected chi connectivity index (χ4v) is 7.82. The smallest absolute Gasteiger partial charge is 0.164 e. The van der Waals surface area contributed by atoms with Gasteiger partial charge >= 0.3 is 0 Å². The molecule has 268 valence electrons. The minimum Gasteiger partial charge on any atom is -0.261 e. The van der Waals surface area contributed by atoms with E-state index < -0.39 is 0 Å². The fourth-order valence-electron chi connectivity index (χ4n) is 7.82. The van der Waals surface area contributed by atoms with Gasteiger partial charge in [-0.25, -0.2) is 15.0 Å². The van der Waals surface area contributed by atoms with Gasteiger partial charge in [-0.2, -0.15) is 0 Å². The van der Waals surface area contributed by atoms with Gasteiger partial charge in [0.1, 0.15) is 0 Å². The lowest BCUT2D eigenvalue weighted by molar-refractivity contribution is 1.07. The van der Waals surface area contributed by atoms with Crippen LogP contribution >= 0.6 is 0 Å². The van der Waals surface area contributed by atoms with Gasteiger partial charge in [0.15, 0.2) is 17.5 Å². The van der Waals surface area contributed by atoms with Gasteiger partial charge in [0.2, 0.25) is 0 Å². The van der Waals surface area contributed by atoms with Crippen LogP contribution < -0.4 is 0 Å². The predicted octanol–water partition coefficient (Wildman–Crippen LogP) is 13.6. The molecule has 0 bridgehead atoms. The Hall–Kier alpha value is -7.56. The van der Waals surface area contributed by atoms with E-state index in [2.05, 4.69) is 139 Å². The molecule has 0 atom stereocenters. The average molecular weight is 729 g/mol. The summed E-state index contributed by atoms with van der Waals surface area (Å²) in [7, 11) is 0. The summed E-state index contributed by atoms with van der Waals surface area (Å²) in [6.45, 7) is 2.05. The van der Waals surface area contributed by atoms with Gasteiger partial charge in [-0.3, -0.25) is 4.98 Å². The van der Waals surface area contributed by atoms with Crippen LogP contribution in [0.3, 0.4) is 0 Å². The van der Waals surface area contributed by atoms with E-state index >= 15 is 0 Å². The van der Waals surface area contributed by atoms with E-state index in [-0.39, 0.29) is 0 Å². The van der Waals surface area contributed by atoms with Crippen molar-refractivity contribution in [3.63, 3.8) is 0 Å². The Labute approximate surface area is 331 Å². The first-order chi connectivity index (χ1) is 28.1.